The zero-order valence-corrected chi connectivity index (χ0v) is 9.92. The van der Waals surface area contributed by atoms with Crippen molar-refractivity contribution in [2.75, 3.05) is 0 Å². The Balaban J connectivity index is 3.31. The number of nitrogens with zero attached hydrogens (tertiary/aromatic N) is 2. The van der Waals surface area contributed by atoms with Crippen molar-refractivity contribution >= 4 is 37.5 Å². The van der Waals surface area contributed by atoms with E-state index in [0.717, 1.165) is 12.1 Å². The first kappa shape index (κ1) is 10.6. The van der Waals surface area contributed by atoms with Crippen molar-refractivity contribution in [1.29, 1.82) is 0 Å². The summed E-state index contributed by atoms with van der Waals surface area (Å²) in [5.41, 5.74) is 0.779. The number of pyridine rings is 1. The highest BCUT2D eigenvalue weighted by Crippen LogP contribution is 2.31. The molecule has 0 aliphatic heterocycles. The second-order valence-electron chi connectivity index (χ2n) is 2.35. The van der Waals surface area contributed by atoms with Gasteiger partial charge in [-0.1, -0.05) is 6.92 Å². The minimum atomic E-state index is -0.472. The largest absolute Gasteiger partial charge is 0.316 e. The molecule has 1 aromatic rings. The highest BCUT2D eigenvalue weighted by molar-refractivity contribution is 9.11. The molecule has 0 atom stereocenters. The molecule has 1 aromatic heterocycles. The summed E-state index contributed by atoms with van der Waals surface area (Å²) in [5, 5.41) is 10.5. The van der Waals surface area contributed by atoms with Crippen LogP contribution in [0.4, 0.5) is 5.69 Å². The molecule has 0 aromatic carbocycles. The monoisotopic (exact) mass is 308 g/mol. The fourth-order valence-corrected chi connectivity index (χ4v) is 2.32. The van der Waals surface area contributed by atoms with Crippen molar-refractivity contribution < 1.29 is 4.92 Å². The fourth-order valence-electron chi connectivity index (χ4n) is 0.868. The van der Waals surface area contributed by atoms with Gasteiger partial charge < -0.3 is 0 Å². The van der Waals surface area contributed by atoms with Crippen molar-refractivity contribution in [3.05, 3.63) is 31.0 Å². The Bertz CT molecular complexity index is 331. The maximum atomic E-state index is 10.5. The van der Waals surface area contributed by atoms with Gasteiger partial charge in [0.2, 0.25) is 0 Å². The Kier molecular flexibility index (Phi) is 3.38. The maximum absolute atomic E-state index is 10.5. The van der Waals surface area contributed by atoms with E-state index in [-0.39, 0.29) is 10.3 Å². The summed E-state index contributed by atoms with van der Waals surface area (Å²) in [5.74, 6) is 0. The van der Waals surface area contributed by atoms with Gasteiger partial charge in [0.25, 0.3) is 0 Å². The van der Waals surface area contributed by atoms with Crippen LogP contribution >= 0.6 is 31.9 Å². The van der Waals surface area contributed by atoms with Gasteiger partial charge in [-0.05, 0) is 44.3 Å². The molecular weight excluding hydrogens is 304 g/mol. The van der Waals surface area contributed by atoms with E-state index in [1.807, 2.05) is 6.92 Å². The smallest absolute Gasteiger partial charge is 0.258 e. The molecule has 0 bridgehead atoms. The van der Waals surface area contributed by atoms with Gasteiger partial charge in [-0.3, -0.25) is 10.1 Å². The molecule has 0 aliphatic carbocycles. The Morgan fingerprint density at radius 3 is 2.62 bits per heavy atom. The van der Waals surface area contributed by atoms with Crippen LogP contribution in [-0.2, 0) is 6.42 Å². The lowest BCUT2D eigenvalue weighted by atomic mass is 10.3. The zero-order chi connectivity index (χ0) is 10.0. The first-order chi connectivity index (χ1) is 6.06. The number of halogens is 2. The molecule has 1 rings (SSSR count). The first-order valence-electron chi connectivity index (χ1n) is 3.55. The highest BCUT2D eigenvalue weighted by Gasteiger charge is 2.18. The van der Waals surface area contributed by atoms with Crippen LogP contribution < -0.4 is 0 Å². The molecule has 0 aliphatic rings. The van der Waals surface area contributed by atoms with E-state index in [4.69, 9.17) is 0 Å². The quantitative estimate of drug-likeness (QED) is 0.479. The molecule has 4 nitrogen and oxygen atoms in total. The van der Waals surface area contributed by atoms with Crippen molar-refractivity contribution in [2.24, 2.45) is 0 Å². The van der Waals surface area contributed by atoms with Gasteiger partial charge in [0.05, 0.1) is 9.40 Å². The molecule has 6 heteroatoms. The Hall–Kier alpha value is -0.490. The summed E-state index contributed by atoms with van der Waals surface area (Å²) in [4.78, 5) is 14.1. The SMILES string of the molecule is CCc1cc(Br)c([N+](=O)[O-])c(Br)n1. The van der Waals surface area contributed by atoms with E-state index in [1.54, 1.807) is 6.07 Å². The molecule has 0 fully saturated rings. The number of aryl methyl sites for hydroxylation is 1. The summed E-state index contributed by atoms with van der Waals surface area (Å²) in [7, 11) is 0. The summed E-state index contributed by atoms with van der Waals surface area (Å²) in [6, 6.07) is 1.66. The summed E-state index contributed by atoms with van der Waals surface area (Å²) in [6.45, 7) is 1.94. The number of rotatable bonds is 2. The van der Waals surface area contributed by atoms with Crippen molar-refractivity contribution in [3.63, 3.8) is 0 Å². The van der Waals surface area contributed by atoms with Gasteiger partial charge in [0, 0.05) is 5.69 Å². The third kappa shape index (κ3) is 2.25. The maximum Gasteiger partial charge on any atom is 0.316 e. The van der Waals surface area contributed by atoms with Crippen LogP contribution in [0, 0.1) is 10.1 Å². The Morgan fingerprint density at radius 1 is 1.62 bits per heavy atom. The van der Waals surface area contributed by atoms with E-state index >= 15 is 0 Å². The van der Waals surface area contributed by atoms with Gasteiger partial charge in [0.15, 0.2) is 4.60 Å². The van der Waals surface area contributed by atoms with Gasteiger partial charge in [-0.25, -0.2) is 4.98 Å². The lowest BCUT2D eigenvalue weighted by Gasteiger charge is -2.00. The molecule has 0 saturated heterocycles. The standard InChI is InChI=1S/C7H6Br2N2O2/c1-2-4-3-5(8)6(11(12)13)7(9)10-4/h3H,2H2,1H3. The van der Waals surface area contributed by atoms with Crippen LogP contribution in [-0.4, -0.2) is 9.91 Å². The minimum absolute atomic E-state index is 0.0304. The predicted molar refractivity (Wildman–Crippen MR) is 55.7 cm³/mol. The second kappa shape index (κ2) is 4.15. The molecule has 13 heavy (non-hydrogen) atoms. The predicted octanol–water partition coefficient (Wildman–Crippen LogP) is 3.08. The number of hydrogen-bond donors (Lipinski definition) is 0. The van der Waals surface area contributed by atoms with Gasteiger partial charge in [0.1, 0.15) is 0 Å². The van der Waals surface area contributed by atoms with Crippen molar-refractivity contribution in [3.8, 4) is 0 Å². The van der Waals surface area contributed by atoms with Gasteiger partial charge in [-0.2, -0.15) is 0 Å². The lowest BCUT2D eigenvalue weighted by molar-refractivity contribution is -0.386. The van der Waals surface area contributed by atoms with E-state index in [1.165, 1.54) is 0 Å². The average Bonchev–Trinajstić information content (AvgIpc) is 2.02. The molecule has 70 valence electrons. The number of aromatic nitrogens is 1. The zero-order valence-electron chi connectivity index (χ0n) is 6.75. The summed E-state index contributed by atoms with van der Waals surface area (Å²) >= 11 is 6.18. The highest BCUT2D eigenvalue weighted by atomic mass is 79.9. The van der Waals surface area contributed by atoms with Crippen molar-refractivity contribution in [2.45, 2.75) is 13.3 Å². The van der Waals surface area contributed by atoms with E-state index < -0.39 is 4.92 Å². The molecular formula is C7H6Br2N2O2. The minimum Gasteiger partial charge on any atom is -0.258 e. The van der Waals surface area contributed by atoms with Crippen LogP contribution in [0.15, 0.2) is 15.1 Å². The average molecular weight is 310 g/mol. The number of nitro groups is 1. The summed E-state index contributed by atoms with van der Waals surface area (Å²) < 4.78 is 0.722. The molecule has 0 saturated carbocycles. The lowest BCUT2D eigenvalue weighted by Crippen LogP contribution is -1.96. The van der Waals surface area contributed by atoms with Crippen molar-refractivity contribution in [1.82, 2.24) is 4.98 Å². The van der Waals surface area contributed by atoms with E-state index in [2.05, 4.69) is 36.8 Å². The second-order valence-corrected chi connectivity index (χ2v) is 3.95. The topological polar surface area (TPSA) is 56.0 Å². The van der Waals surface area contributed by atoms with Gasteiger partial charge in [-0.15, -0.1) is 0 Å². The number of hydrogen-bond acceptors (Lipinski definition) is 3. The van der Waals surface area contributed by atoms with Crippen LogP contribution in [0.3, 0.4) is 0 Å². The van der Waals surface area contributed by atoms with Crippen LogP contribution in [0.25, 0.3) is 0 Å². The Labute approximate surface area is 91.8 Å². The summed E-state index contributed by atoms with van der Waals surface area (Å²) in [6.07, 6.45) is 0.745. The Morgan fingerprint density at radius 2 is 2.23 bits per heavy atom. The molecule has 0 radical (unpaired) electrons. The first-order valence-corrected chi connectivity index (χ1v) is 5.14. The van der Waals surface area contributed by atoms with E-state index in [0.29, 0.717) is 4.47 Å². The molecule has 0 unspecified atom stereocenters. The van der Waals surface area contributed by atoms with Crippen LogP contribution in [0.2, 0.25) is 0 Å². The molecule has 1 heterocycles. The molecule has 0 spiro atoms. The molecule has 0 N–H and O–H groups in total. The molecule has 0 amide bonds. The third-order valence-corrected chi connectivity index (χ3v) is 2.66. The normalized spacial score (nSPS) is 10.1. The third-order valence-electron chi connectivity index (χ3n) is 1.50. The fraction of sp³-hybridized carbons (Fsp3) is 0.286. The van der Waals surface area contributed by atoms with Crippen LogP contribution in [0.1, 0.15) is 12.6 Å². The van der Waals surface area contributed by atoms with Gasteiger partial charge >= 0.3 is 5.69 Å². The van der Waals surface area contributed by atoms with E-state index in [9.17, 15) is 10.1 Å². The van der Waals surface area contributed by atoms with Crippen LogP contribution in [0.5, 0.6) is 0 Å².